The molecule has 2 heterocycles. The van der Waals surface area contributed by atoms with Crippen LogP contribution >= 0.6 is 0 Å². The first-order valence-electron chi connectivity index (χ1n) is 7.79. The fraction of sp³-hybridized carbons (Fsp3) is 0.278. The highest BCUT2D eigenvalue weighted by atomic mass is 16.5. The number of para-hydroxylation sites is 1. The standard InChI is InChI=1S/C18H20N4O2/c1-5-13-8-6-9-14(19-13)18-21-20-12(2)22(18)17-15(23-3)10-7-11-16(17)24-4/h6-11H,5H2,1-4H3. The lowest BCUT2D eigenvalue weighted by atomic mass is 10.2. The molecule has 6 heteroatoms. The molecule has 3 aromatic rings. The topological polar surface area (TPSA) is 62.1 Å². The molecule has 1 aromatic carbocycles. The average Bonchev–Trinajstić information content (AvgIpc) is 3.02. The SMILES string of the molecule is CCc1cccc(-c2nnc(C)n2-c2c(OC)cccc2OC)n1. The molecular weight excluding hydrogens is 304 g/mol. The summed E-state index contributed by atoms with van der Waals surface area (Å²) in [5, 5.41) is 8.57. The summed E-state index contributed by atoms with van der Waals surface area (Å²) in [6.07, 6.45) is 0.860. The minimum absolute atomic E-state index is 0.658. The van der Waals surface area contributed by atoms with Gasteiger partial charge in [-0.3, -0.25) is 4.57 Å². The van der Waals surface area contributed by atoms with Gasteiger partial charge in [-0.05, 0) is 37.6 Å². The first-order valence-corrected chi connectivity index (χ1v) is 7.79. The maximum Gasteiger partial charge on any atom is 0.187 e. The molecule has 124 valence electrons. The first kappa shape index (κ1) is 16.0. The number of pyridine rings is 1. The van der Waals surface area contributed by atoms with Crippen LogP contribution in [0.1, 0.15) is 18.4 Å². The quantitative estimate of drug-likeness (QED) is 0.721. The van der Waals surface area contributed by atoms with E-state index in [1.165, 1.54) is 0 Å². The highest BCUT2D eigenvalue weighted by molar-refractivity contribution is 5.63. The highest BCUT2D eigenvalue weighted by Gasteiger charge is 2.20. The van der Waals surface area contributed by atoms with Crippen LogP contribution in [0.25, 0.3) is 17.2 Å². The molecule has 0 N–H and O–H groups in total. The molecular formula is C18H20N4O2. The number of nitrogens with zero attached hydrogens (tertiary/aromatic N) is 4. The van der Waals surface area contributed by atoms with Crippen molar-refractivity contribution in [3.63, 3.8) is 0 Å². The van der Waals surface area contributed by atoms with Crippen LogP contribution < -0.4 is 9.47 Å². The van der Waals surface area contributed by atoms with E-state index in [2.05, 4.69) is 22.1 Å². The highest BCUT2D eigenvalue weighted by Crippen LogP contribution is 2.35. The van der Waals surface area contributed by atoms with Crippen molar-refractivity contribution in [2.45, 2.75) is 20.3 Å². The Labute approximate surface area is 141 Å². The predicted molar refractivity (Wildman–Crippen MR) is 91.8 cm³/mol. The maximum absolute atomic E-state index is 5.53. The van der Waals surface area contributed by atoms with Gasteiger partial charge in [0.25, 0.3) is 0 Å². The van der Waals surface area contributed by atoms with Crippen molar-refractivity contribution in [3.8, 4) is 28.7 Å². The van der Waals surface area contributed by atoms with Crippen molar-refractivity contribution in [3.05, 3.63) is 47.9 Å². The van der Waals surface area contributed by atoms with Crippen LogP contribution in [-0.2, 0) is 6.42 Å². The lowest BCUT2D eigenvalue weighted by Gasteiger charge is -2.16. The van der Waals surface area contributed by atoms with E-state index < -0.39 is 0 Å². The summed E-state index contributed by atoms with van der Waals surface area (Å²) in [6.45, 7) is 3.97. The average molecular weight is 324 g/mol. The third-order valence-electron chi connectivity index (χ3n) is 3.85. The zero-order valence-electron chi connectivity index (χ0n) is 14.3. The summed E-state index contributed by atoms with van der Waals surface area (Å²) in [6, 6.07) is 11.6. The van der Waals surface area contributed by atoms with E-state index in [1.54, 1.807) is 14.2 Å². The van der Waals surface area contributed by atoms with Gasteiger partial charge >= 0.3 is 0 Å². The molecule has 0 atom stereocenters. The number of methoxy groups -OCH3 is 2. The minimum atomic E-state index is 0.658. The fourth-order valence-electron chi connectivity index (χ4n) is 2.65. The molecule has 0 radical (unpaired) electrons. The number of aryl methyl sites for hydroxylation is 2. The molecule has 0 fully saturated rings. The molecule has 0 aliphatic carbocycles. The number of hydrogen-bond acceptors (Lipinski definition) is 5. The molecule has 2 aromatic heterocycles. The van der Waals surface area contributed by atoms with Crippen LogP contribution in [0.15, 0.2) is 36.4 Å². The van der Waals surface area contributed by atoms with Crippen molar-refractivity contribution < 1.29 is 9.47 Å². The van der Waals surface area contributed by atoms with Gasteiger partial charge < -0.3 is 9.47 Å². The number of ether oxygens (including phenoxy) is 2. The molecule has 3 rings (SSSR count). The second-order valence-electron chi connectivity index (χ2n) is 5.29. The Morgan fingerprint density at radius 2 is 1.62 bits per heavy atom. The van der Waals surface area contributed by atoms with E-state index >= 15 is 0 Å². The first-order chi connectivity index (χ1) is 11.7. The van der Waals surface area contributed by atoms with Gasteiger partial charge in [-0.1, -0.05) is 19.1 Å². The minimum Gasteiger partial charge on any atom is -0.494 e. The lowest BCUT2D eigenvalue weighted by Crippen LogP contribution is -2.06. The van der Waals surface area contributed by atoms with Gasteiger partial charge in [0.1, 0.15) is 28.7 Å². The summed E-state index contributed by atoms with van der Waals surface area (Å²) >= 11 is 0. The normalized spacial score (nSPS) is 10.7. The molecule has 0 unspecified atom stereocenters. The summed E-state index contributed by atoms with van der Waals surface area (Å²) in [5.74, 6) is 2.76. The Morgan fingerprint density at radius 3 is 2.25 bits per heavy atom. The molecule has 0 saturated heterocycles. The molecule has 6 nitrogen and oxygen atoms in total. The van der Waals surface area contributed by atoms with Crippen LogP contribution in [0.2, 0.25) is 0 Å². The largest absolute Gasteiger partial charge is 0.494 e. The zero-order valence-corrected chi connectivity index (χ0v) is 14.3. The van der Waals surface area contributed by atoms with Crippen LogP contribution in [0.4, 0.5) is 0 Å². The summed E-state index contributed by atoms with van der Waals surface area (Å²) < 4.78 is 13.0. The van der Waals surface area contributed by atoms with E-state index in [4.69, 9.17) is 9.47 Å². The van der Waals surface area contributed by atoms with Gasteiger partial charge in [0, 0.05) is 5.69 Å². The van der Waals surface area contributed by atoms with Gasteiger partial charge in [-0.25, -0.2) is 4.98 Å². The Bertz CT molecular complexity index is 836. The summed E-state index contributed by atoms with van der Waals surface area (Å²) in [4.78, 5) is 4.67. The fourth-order valence-corrected chi connectivity index (χ4v) is 2.65. The van der Waals surface area contributed by atoms with Crippen LogP contribution in [0.3, 0.4) is 0 Å². The van der Waals surface area contributed by atoms with E-state index in [-0.39, 0.29) is 0 Å². The van der Waals surface area contributed by atoms with Crippen molar-refractivity contribution in [1.29, 1.82) is 0 Å². The second-order valence-corrected chi connectivity index (χ2v) is 5.29. The van der Waals surface area contributed by atoms with Gasteiger partial charge in [0.05, 0.1) is 14.2 Å². The van der Waals surface area contributed by atoms with Crippen LogP contribution in [-0.4, -0.2) is 34.0 Å². The third-order valence-corrected chi connectivity index (χ3v) is 3.85. The molecule has 0 aliphatic heterocycles. The molecule has 0 amide bonds. The molecule has 0 aliphatic rings. The summed E-state index contributed by atoms with van der Waals surface area (Å²) in [5.41, 5.74) is 2.54. The second kappa shape index (κ2) is 6.70. The number of rotatable bonds is 5. The van der Waals surface area contributed by atoms with Gasteiger partial charge in [0.2, 0.25) is 0 Å². The number of hydrogen-bond donors (Lipinski definition) is 0. The van der Waals surface area contributed by atoms with Crippen molar-refractivity contribution in [1.82, 2.24) is 19.7 Å². The third kappa shape index (κ3) is 2.71. The molecule has 24 heavy (non-hydrogen) atoms. The van der Waals surface area contributed by atoms with Gasteiger partial charge in [-0.2, -0.15) is 0 Å². The van der Waals surface area contributed by atoms with Crippen molar-refractivity contribution in [2.24, 2.45) is 0 Å². The maximum atomic E-state index is 5.53. The van der Waals surface area contributed by atoms with Crippen LogP contribution in [0, 0.1) is 6.92 Å². The van der Waals surface area contributed by atoms with Gasteiger partial charge in [0.15, 0.2) is 5.82 Å². The lowest BCUT2D eigenvalue weighted by molar-refractivity contribution is 0.391. The summed E-state index contributed by atoms with van der Waals surface area (Å²) in [7, 11) is 3.27. The smallest absolute Gasteiger partial charge is 0.187 e. The predicted octanol–water partition coefficient (Wildman–Crippen LogP) is 3.22. The molecule has 0 saturated carbocycles. The molecule has 0 spiro atoms. The van der Waals surface area contributed by atoms with E-state index in [0.717, 1.165) is 29.3 Å². The zero-order chi connectivity index (χ0) is 17.1. The number of aromatic nitrogens is 4. The van der Waals surface area contributed by atoms with Crippen molar-refractivity contribution >= 4 is 0 Å². The van der Waals surface area contributed by atoms with E-state index in [0.29, 0.717) is 17.3 Å². The van der Waals surface area contributed by atoms with Crippen molar-refractivity contribution in [2.75, 3.05) is 14.2 Å². The Hall–Kier alpha value is -2.89. The monoisotopic (exact) mass is 324 g/mol. The van der Waals surface area contributed by atoms with Gasteiger partial charge in [-0.15, -0.1) is 10.2 Å². The molecule has 0 bridgehead atoms. The number of benzene rings is 1. The van der Waals surface area contributed by atoms with E-state index in [9.17, 15) is 0 Å². The van der Waals surface area contributed by atoms with E-state index in [1.807, 2.05) is 47.9 Å². The Kier molecular flexibility index (Phi) is 4.46. The van der Waals surface area contributed by atoms with Crippen LogP contribution in [0.5, 0.6) is 11.5 Å². The Morgan fingerprint density at radius 1 is 0.958 bits per heavy atom. The Balaban J connectivity index is 2.26.